The van der Waals surface area contributed by atoms with Crippen molar-refractivity contribution in [3.05, 3.63) is 29.8 Å². The van der Waals surface area contributed by atoms with Gasteiger partial charge in [-0.15, -0.1) is 0 Å². The zero-order valence-electron chi connectivity index (χ0n) is 19.0. The third kappa shape index (κ3) is 9.03. The summed E-state index contributed by atoms with van der Waals surface area (Å²) < 4.78 is 0. The molecular weight excluding hydrogens is 416 g/mol. The summed E-state index contributed by atoms with van der Waals surface area (Å²) in [5.41, 5.74) is 3.59. The molecule has 1 heterocycles. The van der Waals surface area contributed by atoms with E-state index < -0.39 is 18.1 Å². The monoisotopic (exact) mass is 450 g/mol. The minimum absolute atomic E-state index is 0.154. The van der Waals surface area contributed by atoms with E-state index in [2.05, 4.69) is 16.1 Å². The van der Waals surface area contributed by atoms with Crippen LogP contribution in [0.3, 0.4) is 0 Å². The lowest BCUT2D eigenvalue weighted by Crippen LogP contribution is -2.59. The summed E-state index contributed by atoms with van der Waals surface area (Å²) in [5, 5.41) is 25.4. The number of aliphatic carboxylic acids is 1. The molecule has 0 aliphatic carbocycles. The van der Waals surface area contributed by atoms with Gasteiger partial charge in [0.05, 0.1) is 12.1 Å². The summed E-state index contributed by atoms with van der Waals surface area (Å²) in [6.45, 7) is 5.66. The smallest absolute Gasteiger partial charge is 0.322 e. The lowest BCUT2D eigenvalue weighted by molar-refractivity contribution is -0.147. The van der Waals surface area contributed by atoms with Gasteiger partial charge in [-0.1, -0.05) is 26.0 Å². The maximum atomic E-state index is 12.5. The zero-order chi connectivity index (χ0) is 24.3. The van der Waals surface area contributed by atoms with E-state index in [0.29, 0.717) is 25.8 Å². The van der Waals surface area contributed by atoms with Crippen LogP contribution >= 0.6 is 0 Å². The average molecular weight is 451 g/mol. The minimum atomic E-state index is -0.952. The van der Waals surface area contributed by atoms with Gasteiger partial charge in [0.1, 0.15) is 18.1 Å². The van der Waals surface area contributed by atoms with Crippen LogP contribution in [0.2, 0.25) is 0 Å². The van der Waals surface area contributed by atoms with Gasteiger partial charge in [-0.2, -0.15) is 0 Å². The SMILES string of the molecule is CC(=O)NC(C=O)C(C)C.CNC(Cc1cccc(O)c1)C(=O)N1CCCC(C(=O)O)N1. The summed E-state index contributed by atoms with van der Waals surface area (Å²) >= 11 is 0. The molecule has 1 aliphatic rings. The van der Waals surface area contributed by atoms with Gasteiger partial charge in [0.15, 0.2) is 0 Å². The van der Waals surface area contributed by atoms with Crippen molar-refractivity contribution in [2.75, 3.05) is 13.6 Å². The van der Waals surface area contributed by atoms with Crippen LogP contribution in [0.1, 0.15) is 39.2 Å². The Morgan fingerprint density at radius 2 is 2.00 bits per heavy atom. The van der Waals surface area contributed by atoms with Crippen LogP contribution in [0.15, 0.2) is 24.3 Å². The van der Waals surface area contributed by atoms with Crippen molar-refractivity contribution in [3.8, 4) is 5.75 Å². The third-order valence-corrected chi connectivity index (χ3v) is 4.98. The van der Waals surface area contributed by atoms with Crippen molar-refractivity contribution in [2.24, 2.45) is 5.92 Å². The largest absolute Gasteiger partial charge is 0.508 e. The predicted octanol–water partition coefficient (Wildman–Crippen LogP) is 0.449. The number of nitrogens with one attached hydrogen (secondary N) is 3. The Balaban J connectivity index is 0.000000433. The molecule has 1 aromatic carbocycles. The van der Waals surface area contributed by atoms with E-state index in [4.69, 9.17) is 5.11 Å². The van der Waals surface area contributed by atoms with Crippen molar-refractivity contribution in [2.45, 2.75) is 58.2 Å². The number of hydrogen-bond donors (Lipinski definition) is 5. The number of hydrazine groups is 1. The number of amides is 2. The van der Waals surface area contributed by atoms with Crippen LogP contribution in [0.25, 0.3) is 0 Å². The molecule has 1 aliphatic heterocycles. The highest BCUT2D eigenvalue weighted by molar-refractivity contribution is 5.83. The second-order valence-electron chi connectivity index (χ2n) is 7.97. The highest BCUT2D eigenvalue weighted by atomic mass is 16.4. The number of phenolic OH excluding ortho intramolecular Hbond substituents is 1. The van der Waals surface area contributed by atoms with Gasteiger partial charge in [0, 0.05) is 13.5 Å². The van der Waals surface area contributed by atoms with Crippen LogP contribution in [-0.4, -0.2) is 71.0 Å². The van der Waals surface area contributed by atoms with Crippen LogP contribution in [-0.2, 0) is 25.6 Å². The molecular formula is C22H34N4O6. The van der Waals surface area contributed by atoms with Crippen molar-refractivity contribution < 1.29 is 29.4 Å². The lowest BCUT2D eigenvalue weighted by Gasteiger charge is -2.34. The second-order valence-corrected chi connectivity index (χ2v) is 7.97. The molecule has 3 atom stereocenters. The highest BCUT2D eigenvalue weighted by Gasteiger charge is 2.30. The van der Waals surface area contributed by atoms with Gasteiger partial charge in [-0.05, 0) is 49.9 Å². The standard InChI is InChI=1S/C15H21N3O4.C7H13NO2/c1-16-13(9-10-4-2-5-11(19)8-10)14(20)18-7-3-6-12(17-18)15(21)22;1-5(2)7(4-9)8-6(3)10/h2,4-5,8,12-13,16-17,19H,3,6-7,9H2,1H3,(H,21,22);4-5,7H,1-3H3,(H,8,10). The van der Waals surface area contributed by atoms with Crippen LogP contribution in [0.4, 0.5) is 0 Å². The van der Waals surface area contributed by atoms with Gasteiger partial charge >= 0.3 is 5.97 Å². The third-order valence-electron chi connectivity index (χ3n) is 4.98. The normalized spacial score (nSPS) is 17.5. The van der Waals surface area contributed by atoms with E-state index in [9.17, 15) is 24.3 Å². The molecule has 0 saturated carbocycles. The Morgan fingerprint density at radius 3 is 2.47 bits per heavy atom. The maximum absolute atomic E-state index is 12.5. The molecule has 10 nitrogen and oxygen atoms in total. The molecule has 32 heavy (non-hydrogen) atoms. The molecule has 3 unspecified atom stereocenters. The number of likely N-dealkylation sites (N-methyl/N-ethyl adjacent to an activating group) is 1. The first-order chi connectivity index (χ1) is 15.1. The molecule has 1 saturated heterocycles. The number of carboxylic acid groups (broad SMARTS) is 1. The van der Waals surface area contributed by atoms with E-state index in [1.54, 1.807) is 25.2 Å². The van der Waals surface area contributed by atoms with Gasteiger partial charge in [-0.3, -0.25) is 19.4 Å². The molecule has 0 radical (unpaired) electrons. The number of carbonyl (C=O) groups excluding carboxylic acids is 3. The lowest BCUT2D eigenvalue weighted by atomic mass is 10.0. The van der Waals surface area contributed by atoms with Gasteiger partial charge in [0.2, 0.25) is 5.91 Å². The number of aromatic hydroxyl groups is 1. The summed E-state index contributed by atoms with van der Waals surface area (Å²) in [6.07, 6.45) is 2.33. The number of carbonyl (C=O) groups is 4. The molecule has 2 amide bonds. The predicted molar refractivity (Wildman–Crippen MR) is 119 cm³/mol. The molecule has 0 spiro atoms. The molecule has 0 aromatic heterocycles. The Kier molecular flexibility index (Phi) is 11.4. The first kappa shape index (κ1) is 27.1. The maximum Gasteiger partial charge on any atom is 0.322 e. The fourth-order valence-corrected chi connectivity index (χ4v) is 3.14. The number of nitrogens with zero attached hydrogens (tertiary/aromatic N) is 1. The summed E-state index contributed by atoms with van der Waals surface area (Å²) in [5.74, 6) is -0.989. The van der Waals surface area contributed by atoms with Crippen LogP contribution < -0.4 is 16.1 Å². The van der Waals surface area contributed by atoms with E-state index in [0.717, 1.165) is 11.8 Å². The molecule has 1 fully saturated rings. The molecule has 1 aromatic rings. The first-order valence-electron chi connectivity index (χ1n) is 10.6. The van der Waals surface area contributed by atoms with Crippen LogP contribution in [0, 0.1) is 5.92 Å². The Labute approximate surface area is 188 Å². The first-order valence-corrected chi connectivity index (χ1v) is 10.6. The molecule has 2 rings (SSSR count). The van der Waals surface area contributed by atoms with E-state index in [1.807, 2.05) is 19.9 Å². The van der Waals surface area contributed by atoms with Gasteiger partial charge < -0.3 is 25.6 Å². The average Bonchev–Trinajstić information content (AvgIpc) is 2.75. The molecule has 0 bridgehead atoms. The molecule has 178 valence electrons. The highest BCUT2D eigenvalue weighted by Crippen LogP contribution is 2.14. The molecule has 5 N–H and O–H groups in total. The Hall–Kier alpha value is -2.98. The van der Waals surface area contributed by atoms with E-state index in [1.165, 1.54) is 11.9 Å². The van der Waals surface area contributed by atoms with Crippen molar-refractivity contribution >= 4 is 24.1 Å². The number of rotatable bonds is 8. The number of benzene rings is 1. The fraction of sp³-hybridized carbons (Fsp3) is 0.545. The Bertz CT molecular complexity index is 785. The summed E-state index contributed by atoms with van der Waals surface area (Å²) in [6, 6.07) is 5.20. The topological polar surface area (TPSA) is 148 Å². The van der Waals surface area contributed by atoms with Crippen LogP contribution in [0.5, 0.6) is 5.75 Å². The second kappa shape index (κ2) is 13.4. The van der Waals surface area contributed by atoms with Crippen molar-refractivity contribution in [1.29, 1.82) is 0 Å². The molecule has 10 heteroatoms. The quantitative estimate of drug-likeness (QED) is 0.359. The summed E-state index contributed by atoms with van der Waals surface area (Å²) in [7, 11) is 1.68. The van der Waals surface area contributed by atoms with Gasteiger partial charge in [-0.25, -0.2) is 5.43 Å². The fourth-order valence-electron chi connectivity index (χ4n) is 3.14. The number of carboxylic acids is 1. The van der Waals surface area contributed by atoms with Gasteiger partial charge in [0.25, 0.3) is 5.91 Å². The van der Waals surface area contributed by atoms with E-state index >= 15 is 0 Å². The number of phenols is 1. The van der Waals surface area contributed by atoms with Crippen molar-refractivity contribution in [1.82, 2.24) is 21.1 Å². The zero-order valence-corrected chi connectivity index (χ0v) is 19.0. The summed E-state index contributed by atoms with van der Waals surface area (Å²) in [4.78, 5) is 44.3. The van der Waals surface area contributed by atoms with E-state index in [-0.39, 0.29) is 29.5 Å². The van der Waals surface area contributed by atoms with Crippen molar-refractivity contribution in [3.63, 3.8) is 0 Å². The minimum Gasteiger partial charge on any atom is -0.508 e. The number of aldehydes is 1. The number of hydrogen-bond acceptors (Lipinski definition) is 7. The Morgan fingerprint density at radius 1 is 1.31 bits per heavy atom.